The van der Waals surface area contributed by atoms with Crippen LogP contribution >= 0.6 is 0 Å². The SMILES string of the molecule is O=C(Cc1ccc2ncoc2c1)N1CCCCC1. The first-order valence-corrected chi connectivity index (χ1v) is 6.43. The third-order valence-corrected chi connectivity index (χ3v) is 3.46. The number of fused-ring (bicyclic) bond motifs is 1. The third kappa shape index (κ3) is 2.23. The van der Waals surface area contributed by atoms with Gasteiger partial charge >= 0.3 is 0 Å². The summed E-state index contributed by atoms with van der Waals surface area (Å²) in [6, 6.07) is 5.76. The van der Waals surface area contributed by atoms with Gasteiger partial charge in [-0.25, -0.2) is 4.98 Å². The number of hydrogen-bond acceptors (Lipinski definition) is 3. The molecule has 0 bridgehead atoms. The molecule has 2 heterocycles. The molecule has 1 saturated heterocycles. The van der Waals surface area contributed by atoms with Gasteiger partial charge < -0.3 is 9.32 Å². The van der Waals surface area contributed by atoms with Gasteiger partial charge in [-0.05, 0) is 37.0 Å². The molecule has 1 amide bonds. The zero-order valence-electron chi connectivity index (χ0n) is 10.3. The maximum Gasteiger partial charge on any atom is 0.226 e. The van der Waals surface area contributed by atoms with Crippen molar-refractivity contribution in [1.29, 1.82) is 0 Å². The smallest absolute Gasteiger partial charge is 0.226 e. The predicted octanol–water partition coefficient (Wildman–Crippen LogP) is 2.38. The molecule has 1 fully saturated rings. The number of amides is 1. The fourth-order valence-electron chi connectivity index (χ4n) is 2.44. The maximum atomic E-state index is 12.1. The summed E-state index contributed by atoms with van der Waals surface area (Å²) in [7, 11) is 0. The first kappa shape index (κ1) is 11.3. The number of oxazole rings is 1. The molecule has 1 aliphatic rings. The number of carbonyl (C=O) groups excluding carboxylic acids is 1. The Morgan fingerprint density at radius 3 is 2.94 bits per heavy atom. The Kier molecular flexibility index (Phi) is 3.00. The molecule has 4 heteroatoms. The van der Waals surface area contributed by atoms with Crippen LogP contribution in [0.4, 0.5) is 0 Å². The molecule has 0 saturated carbocycles. The van der Waals surface area contributed by atoms with E-state index < -0.39 is 0 Å². The number of aromatic nitrogens is 1. The van der Waals surface area contributed by atoms with Gasteiger partial charge in [0, 0.05) is 13.1 Å². The summed E-state index contributed by atoms with van der Waals surface area (Å²) < 4.78 is 5.25. The molecule has 0 radical (unpaired) electrons. The molecule has 18 heavy (non-hydrogen) atoms. The van der Waals surface area contributed by atoms with E-state index in [1.807, 2.05) is 23.1 Å². The number of likely N-dealkylation sites (tertiary alicyclic amines) is 1. The van der Waals surface area contributed by atoms with Crippen molar-refractivity contribution >= 4 is 17.0 Å². The van der Waals surface area contributed by atoms with Gasteiger partial charge in [0.1, 0.15) is 5.52 Å². The van der Waals surface area contributed by atoms with Gasteiger partial charge in [0.2, 0.25) is 5.91 Å². The molecule has 3 rings (SSSR count). The maximum absolute atomic E-state index is 12.1. The van der Waals surface area contributed by atoms with E-state index in [1.165, 1.54) is 12.8 Å². The number of hydrogen-bond donors (Lipinski definition) is 0. The molecule has 1 aromatic heterocycles. The van der Waals surface area contributed by atoms with Crippen molar-refractivity contribution in [2.75, 3.05) is 13.1 Å². The highest BCUT2D eigenvalue weighted by molar-refractivity contribution is 5.81. The summed E-state index contributed by atoms with van der Waals surface area (Å²) in [6.45, 7) is 1.81. The quantitative estimate of drug-likeness (QED) is 0.814. The van der Waals surface area contributed by atoms with Crippen LogP contribution in [0, 0.1) is 0 Å². The lowest BCUT2D eigenvalue weighted by molar-refractivity contribution is -0.131. The van der Waals surface area contributed by atoms with E-state index >= 15 is 0 Å². The number of piperidine rings is 1. The van der Waals surface area contributed by atoms with Gasteiger partial charge in [-0.3, -0.25) is 4.79 Å². The highest BCUT2D eigenvalue weighted by Gasteiger charge is 2.16. The molecular formula is C14H16N2O2. The highest BCUT2D eigenvalue weighted by Crippen LogP contribution is 2.16. The number of nitrogens with zero attached hydrogens (tertiary/aromatic N) is 2. The average Bonchev–Trinajstić information content (AvgIpc) is 2.87. The van der Waals surface area contributed by atoms with Crippen LogP contribution in [-0.2, 0) is 11.2 Å². The molecule has 1 aliphatic heterocycles. The van der Waals surface area contributed by atoms with Gasteiger partial charge in [-0.2, -0.15) is 0 Å². The molecule has 0 atom stereocenters. The predicted molar refractivity (Wildman–Crippen MR) is 68.1 cm³/mol. The van der Waals surface area contributed by atoms with Crippen molar-refractivity contribution in [3.05, 3.63) is 30.2 Å². The molecule has 0 spiro atoms. The van der Waals surface area contributed by atoms with Gasteiger partial charge in [0.25, 0.3) is 0 Å². The lowest BCUT2D eigenvalue weighted by Crippen LogP contribution is -2.36. The highest BCUT2D eigenvalue weighted by atomic mass is 16.3. The standard InChI is InChI=1S/C14H16N2O2/c17-14(16-6-2-1-3-7-16)9-11-4-5-12-13(8-11)18-10-15-12/h4-5,8,10H,1-3,6-7,9H2. The van der Waals surface area contributed by atoms with E-state index in [2.05, 4.69) is 4.98 Å². The molecule has 0 N–H and O–H groups in total. The minimum atomic E-state index is 0.216. The zero-order chi connectivity index (χ0) is 12.4. The molecule has 94 valence electrons. The summed E-state index contributed by atoms with van der Waals surface area (Å²) in [5.74, 6) is 0.216. The molecular weight excluding hydrogens is 228 g/mol. The van der Waals surface area contributed by atoms with Crippen molar-refractivity contribution in [3.63, 3.8) is 0 Å². The summed E-state index contributed by atoms with van der Waals surface area (Å²) in [4.78, 5) is 18.2. The van der Waals surface area contributed by atoms with E-state index in [1.54, 1.807) is 0 Å². The second-order valence-corrected chi connectivity index (χ2v) is 4.77. The van der Waals surface area contributed by atoms with E-state index in [-0.39, 0.29) is 5.91 Å². The van der Waals surface area contributed by atoms with E-state index in [4.69, 9.17) is 4.42 Å². The van der Waals surface area contributed by atoms with Crippen LogP contribution in [0.15, 0.2) is 29.0 Å². The minimum absolute atomic E-state index is 0.216. The van der Waals surface area contributed by atoms with Crippen LogP contribution in [0.1, 0.15) is 24.8 Å². The molecule has 1 aromatic carbocycles. The van der Waals surface area contributed by atoms with Gasteiger partial charge in [-0.1, -0.05) is 6.07 Å². The Morgan fingerprint density at radius 1 is 1.28 bits per heavy atom. The van der Waals surface area contributed by atoms with Gasteiger partial charge in [0.05, 0.1) is 6.42 Å². The second-order valence-electron chi connectivity index (χ2n) is 4.77. The summed E-state index contributed by atoms with van der Waals surface area (Å²) in [5, 5.41) is 0. The fourth-order valence-corrected chi connectivity index (χ4v) is 2.44. The second kappa shape index (κ2) is 4.80. The van der Waals surface area contributed by atoms with Gasteiger partial charge in [-0.15, -0.1) is 0 Å². The third-order valence-electron chi connectivity index (χ3n) is 3.46. The van der Waals surface area contributed by atoms with Crippen molar-refractivity contribution in [2.24, 2.45) is 0 Å². The molecule has 4 nitrogen and oxygen atoms in total. The van der Waals surface area contributed by atoms with Crippen molar-refractivity contribution in [3.8, 4) is 0 Å². The number of benzene rings is 1. The molecule has 0 unspecified atom stereocenters. The summed E-state index contributed by atoms with van der Waals surface area (Å²) >= 11 is 0. The molecule has 2 aromatic rings. The Morgan fingerprint density at radius 2 is 2.11 bits per heavy atom. The first-order valence-electron chi connectivity index (χ1n) is 6.43. The normalized spacial score (nSPS) is 16.1. The lowest BCUT2D eigenvalue weighted by Gasteiger charge is -2.26. The Balaban J connectivity index is 1.72. The Bertz CT molecular complexity index is 556. The lowest BCUT2D eigenvalue weighted by atomic mass is 10.1. The van der Waals surface area contributed by atoms with Crippen LogP contribution < -0.4 is 0 Å². The average molecular weight is 244 g/mol. The van der Waals surface area contributed by atoms with E-state index in [9.17, 15) is 4.79 Å². The van der Waals surface area contributed by atoms with Crippen LogP contribution in [0.25, 0.3) is 11.1 Å². The van der Waals surface area contributed by atoms with E-state index in [0.717, 1.165) is 42.6 Å². The van der Waals surface area contributed by atoms with Crippen LogP contribution in [0.2, 0.25) is 0 Å². The van der Waals surface area contributed by atoms with E-state index in [0.29, 0.717) is 6.42 Å². The monoisotopic (exact) mass is 244 g/mol. The van der Waals surface area contributed by atoms with Crippen molar-refractivity contribution in [1.82, 2.24) is 9.88 Å². The van der Waals surface area contributed by atoms with Crippen molar-refractivity contribution < 1.29 is 9.21 Å². The van der Waals surface area contributed by atoms with Crippen LogP contribution in [0.5, 0.6) is 0 Å². The summed E-state index contributed by atoms with van der Waals surface area (Å²) in [6.07, 6.45) is 5.39. The number of carbonyl (C=O) groups is 1. The van der Waals surface area contributed by atoms with Crippen molar-refractivity contribution in [2.45, 2.75) is 25.7 Å². The van der Waals surface area contributed by atoms with Crippen LogP contribution in [0.3, 0.4) is 0 Å². The number of rotatable bonds is 2. The minimum Gasteiger partial charge on any atom is -0.443 e. The fraction of sp³-hybridized carbons (Fsp3) is 0.429. The first-order chi connectivity index (χ1) is 8.83. The topological polar surface area (TPSA) is 46.3 Å². The van der Waals surface area contributed by atoms with Crippen LogP contribution in [-0.4, -0.2) is 28.9 Å². The van der Waals surface area contributed by atoms with Gasteiger partial charge in [0.15, 0.2) is 12.0 Å². The Labute approximate surface area is 106 Å². The zero-order valence-corrected chi connectivity index (χ0v) is 10.3. The Hall–Kier alpha value is -1.84. The largest absolute Gasteiger partial charge is 0.443 e. The summed E-state index contributed by atoms with van der Waals surface area (Å²) in [5.41, 5.74) is 2.58. The molecule has 0 aliphatic carbocycles.